The predicted octanol–water partition coefficient (Wildman–Crippen LogP) is 3.93. The Balaban J connectivity index is 1.94. The number of rotatable bonds is 5. The molecule has 0 saturated carbocycles. The highest BCUT2D eigenvalue weighted by Crippen LogP contribution is 2.31. The van der Waals surface area contributed by atoms with E-state index < -0.39 is 11.7 Å². The first-order valence-corrected chi connectivity index (χ1v) is 7.67. The molecule has 2 rings (SSSR count). The Kier molecular flexibility index (Phi) is 5.68. The van der Waals surface area contributed by atoms with Gasteiger partial charge >= 0.3 is 6.18 Å². The minimum Gasteiger partial charge on any atom is -0.392 e. The molecule has 2 N–H and O–H groups in total. The van der Waals surface area contributed by atoms with E-state index in [1.807, 2.05) is 0 Å². The average Bonchev–Trinajstić information content (AvgIpc) is 2.52. The van der Waals surface area contributed by atoms with Gasteiger partial charge in [0.1, 0.15) is 0 Å². The van der Waals surface area contributed by atoms with Crippen molar-refractivity contribution in [2.75, 3.05) is 11.1 Å². The molecule has 0 saturated heterocycles. The third-order valence-electron chi connectivity index (χ3n) is 2.92. The zero-order valence-electron chi connectivity index (χ0n) is 11.9. The van der Waals surface area contributed by atoms with E-state index in [0.29, 0.717) is 16.1 Å². The van der Waals surface area contributed by atoms with Crippen LogP contribution >= 0.6 is 11.8 Å². The van der Waals surface area contributed by atoms with Gasteiger partial charge in [0.25, 0.3) is 0 Å². The Morgan fingerprint density at radius 1 is 1.13 bits per heavy atom. The van der Waals surface area contributed by atoms with E-state index in [9.17, 15) is 18.0 Å². The number of alkyl halides is 3. The second-order valence-corrected chi connectivity index (χ2v) is 5.77. The number of thioether (sulfide) groups is 1. The summed E-state index contributed by atoms with van der Waals surface area (Å²) in [4.78, 5) is 12.2. The predicted molar refractivity (Wildman–Crippen MR) is 83.2 cm³/mol. The largest absolute Gasteiger partial charge is 0.416 e. The lowest BCUT2D eigenvalue weighted by Crippen LogP contribution is -2.14. The van der Waals surface area contributed by atoms with Crippen molar-refractivity contribution in [3.05, 3.63) is 59.7 Å². The Bertz CT molecular complexity index is 689. The van der Waals surface area contributed by atoms with Gasteiger partial charge < -0.3 is 10.4 Å². The van der Waals surface area contributed by atoms with Crippen LogP contribution in [0.5, 0.6) is 0 Å². The van der Waals surface area contributed by atoms with Crippen LogP contribution < -0.4 is 5.32 Å². The van der Waals surface area contributed by atoms with Crippen molar-refractivity contribution in [2.24, 2.45) is 0 Å². The Morgan fingerprint density at radius 2 is 1.87 bits per heavy atom. The van der Waals surface area contributed by atoms with Crippen molar-refractivity contribution in [2.45, 2.75) is 17.7 Å². The fourth-order valence-electron chi connectivity index (χ4n) is 1.86. The van der Waals surface area contributed by atoms with Crippen LogP contribution in [0.3, 0.4) is 0 Å². The Labute approximate surface area is 135 Å². The molecular formula is C16H14F3NO2S. The molecule has 0 aliphatic rings. The number of hydrogen-bond donors (Lipinski definition) is 2. The maximum absolute atomic E-state index is 12.6. The molecular weight excluding hydrogens is 327 g/mol. The quantitative estimate of drug-likeness (QED) is 0.810. The van der Waals surface area contributed by atoms with Gasteiger partial charge in [0, 0.05) is 10.6 Å². The number of benzene rings is 2. The van der Waals surface area contributed by atoms with E-state index in [1.165, 1.54) is 12.1 Å². The van der Waals surface area contributed by atoms with Gasteiger partial charge in [0.05, 0.1) is 17.9 Å². The molecule has 2 aromatic carbocycles. The van der Waals surface area contributed by atoms with Crippen LogP contribution in [-0.2, 0) is 17.6 Å². The first-order chi connectivity index (χ1) is 10.9. The fraction of sp³-hybridized carbons (Fsp3) is 0.188. The standard InChI is InChI=1S/C16H14F3NO2S/c17-16(18,19)12-4-2-6-14(8-12)23-10-15(22)20-13-5-1-3-11(7-13)9-21/h1-8,21H,9-10H2,(H,20,22). The summed E-state index contributed by atoms with van der Waals surface area (Å²) in [6.07, 6.45) is -4.40. The molecule has 1 amide bonds. The highest BCUT2D eigenvalue weighted by Gasteiger charge is 2.30. The van der Waals surface area contributed by atoms with Gasteiger partial charge in [0.15, 0.2) is 0 Å². The molecule has 0 aliphatic carbocycles. The molecule has 7 heteroatoms. The van der Waals surface area contributed by atoms with Crippen LogP contribution in [0, 0.1) is 0 Å². The summed E-state index contributed by atoms with van der Waals surface area (Å²) in [6, 6.07) is 11.6. The van der Waals surface area contributed by atoms with Gasteiger partial charge in [-0.25, -0.2) is 0 Å². The number of carbonyl (C=O) groups is 1. The Hall–Kier alpha value is -1.99. The molecule has 3 nitrogen and oxygen atoms in total. The van der Waals surface area contributed by atoms with Gasteiger partial charge in [-0.1, -0.05) is 18.2 Å². The van der Waals surface area contributed by atoms with Crippen LogP contribution in [-0.4, -0.2) is 16.8 Å². The summed E-state index contributed by atoms with van der Waals surface area (Å²) >= 11 is 1.03. The topological polar surface area (TPSA) is 49.3 Å². The van der Waals surface area contributed by atoms with Crippen LogP contribution in [0.15, 0.2) is 53.4 Å². The maximum Gasteiger partial charge on any atom is 0.416 e. The summed E-state index contributed by atoms with van der Waals surface area (Å²) in [5, 5.41) is 11.7. The number of nitrogens with one attached hydrogen (secondary N) is 1. The van der Waals surface area contributed by atoms with Gasteiger partial charge in [-0.3, -0.25) is 4.79 Å². The Morgan fingerprint density at radius 3 is 2.57 bits per heavy atom. The summed E-state index contributed by atoms with van der Waals surface area (Å²) < 4.78 is 37.9. The zero-order chi connectivity index (χ0) is 16.9. The molecule has 23 heavy (non-hydrogen) atoms. The molecule has 0 unspecified atom stereocenters. The zero-order valence-corrected chi connectivity index (χ0v) is 12.7. The summed E-state index contributed by atoms with van der Waals surface area (Å²) in [6.45, 7) is -0.136. The number of aliphatic hydroxyl groups is 1. The second kappa shape index (κ2) is 7.52. The molecule has 0 heterocycles. The third kappa shape index (κ3) is 5.30. The molecule has 0 spiro atoms. The van der Waals surface area contributed by atoms with Gasteiger partial charge in [0.2, 0.25) is 5.91 Å². The lowest BCUT2D eigenvalue weighted by Gasteiger charge is -2.09. The average molecular weight is 341 g/mol. The van der Waals surface area contributed by atoms with E-state index in [4.69, 9.17) is 5.11 Å². The lowest BCUT2D eigenvalue weighted by molar-refractivity contribution is -0.137. The van der Waals surface area contributed by atoms with Crippen molar-refractivity contribution < 1.29 is 23.1 Å². The monoisotopic (exact) mass is 341 g/mol. The molecule has 0 aromatic heterocycles. The normalized spacial score (nSPS) is 11.3. The SMILES string of the molecule is O=C(CSc1cccc(C(F)(F)F)c1)Nc1cccc(CO)c1. The van der Waals surface area contributed by atoms with E-state index in [-0.39, 0.29) is 18.3 Å². The van der Waals surface area contributed by atoms with Gasteiger partial charge in [-0.05, 0) is 35.9 Å². The van der Waals surface area contributed by atoms with Crippen LogP contribution in [0.25, 0.3) is 0 Å². The van der Waals surface area contributed by atoms with Crippen LogP contribution in [0.2, 0.25) is 0 Å². The highest BCUT2D eigenvalue weighted by atomic mass is 32.2. The first-order valence-electron chi connectivity index (χ1n) is 6.68. The minimum absolute atomic E-state index is 0.00926. The summed E-state index contributed by atoms with van der Waals surface area (Å²) in [5.74, 6) is -0.340. The second-order valence-electron chi connectivity index (χ2n) is 4.72. The van der Waals surface area contributed by atoms with Crippen LogP contribution in [0.1, 0.15) is 11.1 Å². The van der Waals surface area contributed by atoms with Crippen molar-refractivity contribution in [3.8, 4) is 0 Å². The van der Waals surface area contributed by atoms with Crippen molar-refractivity contribution in [1.82, 2.24) is 0 Å². The van der Waals surface area contributed by atoms with E-state index in [0.717, 1.165) is 23.9 Å². The molecule has 122 valence electrons. The van der Waals surface area contributed by atoms with Crippen molar-refractivity contribution in [1.29, 1.82) is 0 Å². The molecule has 0 atom stereocenters. The fourth-order valence-corrected chi connectivity index (χ4v) is 2.61. The third-order valence-corrected chi connectivity index (χ3v) is 3.92. The van der Waals surface area contributed by atoms with E-state index in [2.05, 4.69) is 5.32 Å². The minimum atomic E-state index is -4.40. The van der Waals surface area contributed by atoms with Gasteiger partial charge in [-0.2, -0.15) is 13.2 Å². The highest BCUT2D eigenvalue weighted by molar-refractivity contribution is 8.00. The molecule has 0 bridgehead atoms. The first kappa shape index (κ1) is 17.4. The molecule has 0 aliphatic heterocycles. The molecule has 0 radical (unpaired) electrons. The number of aliphatic hydroxyl groups excluding tert-OH is 1. The molecule has 2 aromatic rings. The maximum atomic E-state index is 12.6. The van der Waals surface area contributed by atoms with Crippen LogP contribution in [0.4, 0.5) is 18.9 Å². The van der Waals surface area contributed by atoms with Crippen molar-refractivity contribution >= 4 is 23.4 Å². The number of hydrogen-bond acceptors (Lipinski definition) is 3. The van der Waals surface area contributed by atoms with Crippen molar-refractivity contribution in [3.63, 3.8) is 0 Å². The van der Waals surface area contributed by atoms with E-state index >= 15 is 0 Å². The lowest BCUT2D eigenvalue weighted by atomic mass is 10.2. The number of anilines is 1. The summed E-state index contributed by atoms with van der Waals surface area (Å²) in [7, 11) is 0. The summed E-state index contributed by atoms with van der Waals surface area (Å²) in [5.41, 5.74) is 0.457. The smallest absolute Gasteiger partial charge is 0.392 e. The van der Waals surface area contributed by atoms with E-state index in [1.54, 1.807) is 24.3 Å². The number of halogens is 3. The molecule has 0 fully saturated rings. The number of amides is 1. The van der Waals surface area contributed by atoms with Gasteiger partial charge in [-0.15, -0.1) is 11.8 Å². The number of carbonyl (C=O) groups excluding carboxylic acids is 1.